The monoisotopic (exact) mass is 334 g/mol. The molecular formula is C10H23ClN2O4S2. The van der Waals surface area contributed by atoms with E-state index in [1.54, 1.807) is 0 Å². The lowest BCUT2D eigenvalue weighted by atomic mass is 9.85. The van der Waals surface area contributed by atoms with E-state index in [9.17, 15) is 16.8 Å². The van der Waals surface area contributed by atoms with Crippen LogP contribution in [0, 0.1) is 5.92 Å². The van der Waals surface area contributed by atoms with Crippen LogP contribution in [0.25, 0.3) is 0 Å². The molecule has 0 aromatic carbocycles. The Hall–Kier alpha value is 0.110. The maximum absolute atomic E-state index is 11.8. The first-order valence-corrected chi connectivity index (χ1v) is 9.82. The average molecular weight is 335 g/mol. The first-order chi connectivity index (χ1) is 8.23. The molecule has 0 radical (unpaired) electrons. The first-order valence-electron chi connectivity index (χ1n) is 6.11. The van der Waals surface area contributed by atoms with Gasteiger partial charge in [-0.15, -0.1) is 12.4 Å². The predicted octanol–water partition coefficient (Wildman–Crippen LogP) is -0.110. The molecule has 0 heterocycles. The second-order valence-electron chi connectivity index (χ2n) is 4.95. The van der Waals surface area contributed by atoms with E-state index >= 15 is 0 Å². The van der Waals surface area contributed by atoms with E-state index in [2.05, 4.69) is 4.72 Å². The third kappa shape index (κ3) is 7.45. The van der Waals surface area contributed by atoms with Crippen LogP contribution < -0.4 is 10.5 Å². The predicted molar refractivity (Wildman–Crippen MR) is 78.7 cm³/mol. The summed E-state index contributed by atoms with van der Waals surface area (Å²) in [5.41, 5.74) is 5.63. The summed E-state index contributed by atoms with van der Waals surface area (Å²) in [6.07, 6.45) is 4.79. The summed E-state index contributed by atoms with van der Waals surface area (Å²) in [4.78, 5) is 0. The van der Waals surface area contributed by atoms with Crippen LogP contribution >= 0.6 is 12.4 Å². The standard InChI is InChI=1S/C10H22N2O4S2.ClH/c1-17(13,14)6-7-18(15,16)12-10-5-3-2-4-9(10)8-11;/h9-10,12H,2-8,11H2,1H3;1H. The molecule has 1 aliphatic carbocycles. The maximum atomic E-state index is 11.8. The molecule has 0 amide bonds. The summed E-state index contributed by atoms with van der Waals surface area (Å²) in [5.74, 6) is -0.561. The fraction of sp³-hybridized carbons (Fsp3) is 1.00. The van der Waals surface area contributed by atoms with Gasteiger partial charge in [0.05, 0.1) is 11.5 Å². The molecule has 9 heteroatoms. The van der Waals surface area contributed by atoms with Gasteiger partial charge in [0, 0.05) is 12.3 Å². The van der Waals surface area contributed by atoms with Crippen molar-refractivity contribution in [3.05, 3.63) is 0 Å². The number of nitrogens with two attached hydrogens (primary N) is 1. The summed E-state index contributed by atoms with van der Waals surface area (Å²) < 4.78 is 48.1. The van der Waals surface area contributed by atoms with E-state index in [1.807, 2.05) is 0 Å². The molecule has 0 aromatic rings. The SMILES string of the molecule is CS(=O)(=O)CCS(=O)(=O)NC1CCCCC1CN.Cl. The second-order valence-corrected chi connectivity index (χ2v) is 9.09. The highest BCUT2D eigenvalue weighted by Gasteiger charge is 2.28. The topological polar surface area (TPSA) is 106 Å². The lowest BCUT2D eigenvalue weighted by Gasteiger charge is -2.30. The number of halogens is 1. The molecule has 2 atom stereocenters. The van der Waals surface area contributed by atoms with Crippen LogP contribution in [0.2, 0.25) is 0 Å². The molecule has 1 saturated carbocycles. The van der Waals surface area contributed by atoms with Crippen molar-refractivity contribution in [2.45, 2.75) is 31.7 Å². The zero-order chi connectivity index (χ0) is 13.8. The molecule has 0 aliphatic heterocycles. The zero-order valence-corrected chi connectivity index (χ0v) is 13.5. The smallest absolute Gasteiger partial charge is 0.212 e. The fourth-order valence-corrected chi connectivity index (χ4v) is 5.17. The molecule has 6 nitrogen and oxygen atoms in total. The first kappa shape index (κ1) is 19.1. The highest BCUT2D eigenvalue weighted by atomic mass is 35.5. The van der Waals surface area contributed by atoms with Crippen molar-refractivity contribution >= 4 is 32.3 Å². The van der Waals surface area contributed by atoms with Gasteiger partial charge in [0.25, 0.3) is 0 Å². The van der Waals surface area contributed by atoms with Crippen molar-refractivity contribution in [2.75, 3.05) is 24.3 Å². The maximum Gasteiger partial charge on any atom is 0.212 e. The summed E-state index contributed by atoms with van der Waals surface area (Å²) in [5, 5.41) is 0. The Labute approximate surface area is 121 Å². The molecular weight excluding hydrogens is 312 g/mol. The number of sulfonamides is 1. The van der Waals surface area contributed by atoms with E-state index in [4.69, 9.17) is 5.73 Å². The minimum Gasteiger partial charge on any atom is -0.330 e. The van der Waals surface area contributed by atoms with Gasteiger partial charge in [0.2, 0.25) is 10.0 Å². The van der Waals surface area contributed by atoms with Crippen LogP contribution in [-0.2, 0) is 19.9 Å². The number of rotatable bonds is 6. The van der Waals surface area contributed by atoms with Gasteiger partial charge in [-0.3, -0.25) is 0 Å². The van der Waals surface area contributed by atoms with Crippen LogP contribution in [-0.4, -0.2) is 47.2 Å². The van der Waals surface area contributed by atoms with Gasteiger partial charge in [0.15, 0.2) is 0 Å². The molecule has 19 heavy (non-hydrogen) atoms. The Balaban J connectivity index is 0.00000324. The van der Waals surface area contributed by atoms with Gasteiger partial charge in [0.1, 0.15) is 9.84 Å². The molecule has 0 spiro atoms. The fourth-order valence-electron chi connectivity index (χ4n) is 2.20. The number of hydrogen-bond acceptors (Lipinski definition) is 5. The highest BCUT2D eigenvalue weighted by molar-refractivity contribution is 7.93. The third-order valence-corrected chi connectivity index (χ3v) is 5.87. The van der Waals surface area contributed by atoms with Crippen molar-refractivity contribution in [2.24, 2.45) is 11.7 Å². The lowest BCUT2D eigenvalue weighted by Crippen LogP contribution is -2.46. The van der Waals surface area contributed by atoms with E-state index in [0.29, 0.717) is 6.54 Å². The van der Waals surface area contributed by atoms with Gasteiger partial charge in [-0.1, -0.05) is 12.8 Å². The zero-order valence-electron chi connectivity index (χ0n) is 11.0. The van der Waals surface area contributed by atoms with Gasteiger partial charge in [-0.05, 0) is 25.3 Å². The molecule has 1 rings (SSSR count). The van der Waals surface area contributed by atoms with Crippen LogP contribution in [0.3, 0.4) is 0 Å². The van der Waals surface area contributed by atoms with Gasteiger partial charge in [-0.25, -0.2) is 21.6 Å². The van der Waals surface area contributed by atoms with Gasteiger partial charge >= 0.3 is 0 Å². The molecule has 0 saturated heterocycles. The molecule has 116 valence electrons. The lowest BCUT2D eigenvalue weighted by molar-refractivity contribution is 0.296. The van der Waals surface area contributed by atoms with Crippen LogP contribution in [0.5, 0.6) is 0 Å². The van der Waals surface area contributed by atoms with Gasteiger partial charge < -0.3 is 5.73 Å². The van der Waals surface area contributed by atoms with Crippen LogP contribution in [0.15, 0.2) is 0 Å². The Morgan fingerprint density at radius 2 is 1.68 bits per heavy atom. The van der Waals surface area contributed by atoms with E-state index in [-0.39, 0.29) is 35.9 Å². The molecule has 3 N–H and O–H groups in total. The van der Waals surface area contributed by atoms with Crippen molar-refractivity contribution in [3.8, 4) is 0 Å². The summed E-state index contributed by atoms with van der Waals surface area (Å²) in [6.45, 7) is 0.458. The van der Waals surface area contributed by atoms with Crippen molar-refractivity contribution in [1.82, 2.24) is 4.72 Å². The number of hydrogen-bond donors (Lipinski definition) is 2. The van der Waals surface area contributed by atoms with E-state index < -0.39 is 19.9 Å². The molecule has 1 aliphatic rings. The minimum absolute atomic E-state index is 0. The minimum atomic E-state index is -3.54. The number of nitrogens with one attached hydrogen (secondary N) is 1. The Morgan fingerprint density at radius 3 is 2.21 bits per heavy atom. The summed E-state index contributed by atoms with van der Waals surface area (Å²) in [7, 11) is -6.80. The third-order valence-electron chi connectivity index (χ3n) is 3.27. The summed E-state index contributed by atoms with van der Waals surface area (Å²) >= 11 is 0. The van der Waals surface area contributed by atoms with Crippen molar-refractivity contribution in [1.29, 1.82) is 0 Å². The second kappa shape index (κ2) is 7.78. The highest BCUT2D eigenvalue weighted by Crippen LogP contribution is 2.24. The molecule has 0 bridgehead atoms. The Kier molecular flexibility index (Phi) is 7.82. The Bertz CT molecular complexity index is 464. The number of sulfone groups is 1. The van der Waals surface area contributed by atoms with Gasteiger partial charge in [-0.2, -0.15) is 0 Å². The molecule has 0 aromatic heterocycles. The largest absolute Gasteiger partial charge is 0.330 e. The average Bonchev–Trinajstić information content (AvgIpc) is 2.26. The van der Waals surface area contributed by atoms with E-state index in [0.717, 1.165) is 31.9 Å². The van der Waals surface area contributed by atoms with E-state index in [1.165, 1.54) is 0 Å². The summed E-state index contributed by atoms with van der Waals surface area (Å²) in [6, 6.07) is -0.145. The quantitative estimate of drug-likeness (QED) is 0.705. The van der Waals surface area contributed by atoms with Crippen LogP contribution in [0.1, 0.15) is 25.7 Å². The molecule has 2 unspecified atom stereocenters. The van der Waals surface area contributed by atoms with Crippen molar-refractivity contribution in [3.63, 3.8) is 0 Å². The Morgan fingerprint density at radius 1 is 1.11 bits per heavy atom. The van der Waals surface area contributed by atoms with Crippen molar-refractivity contribution < 1.29 is 16.8 Å². The normalized spacial score (nSPS) is 24.7. The molecule has 1 fully saturated rings. The van der Waals surface area contributed by atoms with Crippen LogP contribution in [0.4, 0.5) is 0 Å².